The van der Waals surface area contributed by atoms with Crippen LogP contribution in [0.2, 0.25) is 5.02 Å². The summed E-state index contributed by atoms with van der Waals surface area (Å²) in [5.74, 6) is 0.219. The molecule has 0 atom stereocenters. The lowest BCUT2D eigenvalue weighted by Crippen LogP contribution is -2.13. The fourth-order valence-corrected chi connectivity index (χ4v) is 3.35. The third-order valence-electron chi connectivity index (χ3n) is 4.58. The van der Waals surface area contributed by atoms with Crippen molar-refractivity contribution >= 4 is 50.9 Å². The Hall–Kier alpha value is -3.87. The molecule has 0 aliphatic rings. The smallest absolute Gasteiger partial charge is 0.271 e. The summed E-state index contributed by atoms with van der Waals surface area (Å²) >= 11 is 9.41. The van der Waals surface area contributed by atoms with Gasteiger partial charge in [0.2, 0.25) is 0 Å². The summed E-state index contributed by atoms with van der Waals surface area (Å²) in [6, 6.07) is 18.1. The molecular formula is C24H17BrClN3O5. The highest BCUT2D eigenvalue weighted by Gasteiger charge is 2.15. The topological polar surface area (TPSA) is 114 Å². The molecule has 34 heavy (non-hydrogen) atoms. The Balaban J connectivity index is 1.80. The molecule has 0 unspecified atom stereocenters. The minimum Gasteiger partial charge on any atom is -0.493 e. The van der Waals surface area contributed by atoms with E-state index in [4.69, 9.17) is 21.1 Å². The van der Waals surface area contributed by atoms with E-state index in [-0.39, 0.29) is 22.0 Å². The average molecular weight is 543 g/mol. The number of nitro benzene ring substituents is 1. The third-order valence-corrected chi connectivity index (χ3v) is 5.42. The molecule has 3 aromatic rings. The fourth-order valence-electron chi connectivity index (χ4n) is 2.86. The van der Waals surface area contributed by atoms with Crippen LogP contribution in [0.15, 0.2) is 70.7 Å². The monoisotopic (exact) mass is 541 g/mol. The molecule has 172 valence electrons. The SMILES string of the molecule is COc1ccc(/C=C(\C#N)C(=O)Nc2ccc([N+](=O)[O-])cc2Cl)cc1OCc1ccc(Br)cc1. The standard InChI is InChI=1S/C24H17BrClN3O5/c1-33-22-9-4-16(11-23(22)34-14-15-2-5-18(25)6-3-15)10-17(13-27)24(30)28-21-8-7-19(29(31)32)12-20(21)26/h2-12H,14H2,1H3,(H,28,30)/b17-10+. The van der Waals surface area contributed by atoms with Gasteiger partial charge in [0.1, 0.15) is 18.2 Å². The van der Waals surface area contributed by atoms with Crippen LogP contribution in [0.25, 0.3) is 6.08 Å². The number of halogens is 2. The molecule has 3 rings (SSSR count). The van der Waals surface area contributed by atoms with E-state index in [1.165, 1.54) is 25.3 Å². The summed E-state index contributed by atoms with van der Waals surface area (Å²) < 4.78 is 12.2. The Morgan fingerprint density at radius 1 is 1.18 bits per heavy atom. The van der Waals surface area contributed by atoms with Gasteiger partial charge >= 0.3 is 0 Å². The van der Waals surface area contributed by atoms with Crippen molar-refractivity contribution in [3.8, 4) is 17.6 Å². The number of nitrogens with zero attached hydrogens (tertiary/aromatic N) is 2. The number of nitrogens with one attached hydrogen (secondary N) is 1. The zero-order chi connectivity index (χ0) is 24.7. The van der Waals surface area contributed by atoms with Gasteiger partial charge < -0.3 is 14.8 Å². The Morgan fingerprint density at radius 3 is 2.53 bits per heavy atom. The molecule has 0 aliphatic carbocycles. The maximum absolute atomic E-state index is 12.6. The van der Waals surface area contributed by atoms with E-state index in [1.54, 1.807) is 18.2 Å². The number of methoxy groups -OCH3 is 1. The second-order valence-electron chi connectivity index (χ2n) is 6.87. The van der Waals surface area contributed by atoms with Gasteiger partial charge in [-0.15, -0.1) is 0 Å². The first kappa shape index (κ1) is 24.8. The van der Waals surface area contributed by atoms with Crippen LogP contribution < -0.4 is 14.8 Å². The van der Waals surface area contributed by atoms with Gasteiger partial charge in [-0.05, 0) is 47.5 Å². The molecule has 0 radical (unpaired) electrons. The summed E-state index contributed by atoms with van der Waals surface area (Å²) in [6.07, 6.45) is 1.39. The van der Waals surface area contributed by atoms with Gasteiger partial charge in [-0.2, -0.15) is 5.26 Å². The van der Waals surface area contributed by atoms with Crippen molar-refractivity contribution in [1.29, 1.82) is 5.26 Å². The normalized spacial score (nSPS) is 10.8. The highest BCUT2D eigenvalue weighted by Crippen LogP contribution is 2.30. The summed E-state index contributed by atoms with van der Waals surface area (Å²) in [5.41, 5.74) is 1.22. The van der Waals surface area contributed by atoms with E-state index < -0.39 is 10.8 Å². The van der Waals surface area contributed by atoms with E-state index >= 15 is 0 Å². The van der Waals surface area contributed by atoms with Crippen LogP contribution in [0.3, 0.4) is 0 Å². The van der Waals surface area contributed by atoms with Gasteiger partial charge in [-0.25, -0.2) is 0 Å². The van der Waals surface area contributed by atoms with Gasteiger partial charge in [-0.3, -0.25) is 14.9 Å². The number of hydrogen-bond acceptors (Lipinski definition) is 6. The number of carbonyl (C=O) groups is 1. The van der Waals surface area contributed by atoms with Crippen molar-refractivity contribution in [3.05, 3.63) is 97.0 Å². The van der Waals surface area contributed by atoms with Crippen LogP contribution in [0.1, 0.15) is 11.1 Å². The number of hydrogen-bond donors (Lipinski definition) is 1. The molecular weight excluding hydrogens is 526 g/mol. The molecule has 0 heterocycles. The molecule has 0 fully saturated rings. The van der Waals surface area contributed by atoms with Gasteiger partial charge in [0.25, 0.3) is 11.6 Å². The summed E-state index contributed by atoms with van der Waals surface area (Å²) in [4.78, 5) is 22.9. The summed E-state index contributed by atoms with van der Waals surface area (Å²) in [7, 11) is 1.51. The van der Waals surface area contributed by atoms with Crippen LogP contribution in [0.4, 0.5) is 11.4 Å². The molecule has 3 aromatic carbocycles. The predicted octanol–water partition coefficient (Wildman–Crippen LogP) is 6.14. The molecule has 0 spiro atoms. The van der Waals surface area contributed by atoms with E-state index in [2.05, 4.69) is 21.2 Å². The zero-order valence-corrected chi connectivity index (χ0v) is 20.1. The van der Waals surface area contributed by atoms with Crippen molar-refractivity contribution in [2.24, 2.45) is 0 Å². The average Bonchev–Trinajstić information content (AvgIpc) is 2.83. The number of benzene rings is 3. The van der Waals surface area contributed by atoms with E-state index in [0.717, 1.165) is 16.1 Å². The number of anilines is 1. The molecule has 10 heteroatoms. The lowest BCUT2D eigenvalue weighted by molar-refractivity contribution is -0.384. The van der Waals surface area contributed by atoms with Crippen molar-refractivity contribution in [2.75, 3.05) is 12.4 Å². The van der Waals surface area contributed by atoms with Crippen LogP contribution in [0, 0.1) is 21.4 Å². The third kappa shape index (κ3) is 6.34. The molecule has 0 bridgehead atoms. The Morgan fingerprint density at radius 2 is 1.91 bits per heavy atom. The number of carbonyl (C=O) groups excluding carboxylic acids is 1. The minimum absolute atomic E-state index is 0.0204. The highest BCUT2D eigenvalue weighted by atomic mass is 79.9. The molecule has 1 N–H and O–H groups in total. The van der Waals surface area contributed by atoms with E-state index in [0.29, 0.717) is 23.7 Å². The molecule has 0 saturated carbocycles. The first-order chi connectivity index (χ1) is 16.3. The number of nitriles is 1. The van der Waals surface area contributed by atoms with E-state index in [1.807, 2.05) is 30.3 Å². The van der Waals surface area contributed by atoms with Gasteiger partial charge in [0.15, 0.2) is 11.5 Å². The van der Waals surface area contributed by atoms with Gasteiger partial charge in [0, 0.05) is 16.6 Å². The lowest BCUT2D eigenvalue weighted by atomic mass is 10.1. The zero-order valence-electron chi connectivity index (χ0n) is 17.7. The molecule has 1 amide bonds. The minimum atomic E-state index is -0.716. The fraction of sp³-hybridized carbons (Fsp3) is 0.0833. The largest absolute Gasteiger partial charge is 0.493 e. The Kier molecular flexibility index (Phi) is 8.24. The van der Waals surface area contributed by atoms with Gasteiger partial charge in [0.05, 0.1) is 22.7 Å². The van der Waals surface area contributed by atoms with Crippen LogP contribution in [-0.2, 0) is 11.4 Å². The van der Waals surface area contributed by atoms with Crippen molar-refractivity contribution < 1.29 is 19.2 Å². The predicted molar refractivity (Wildman–Crippen MR) is 132 cm³/mol. The van der Waals surface area contributed by atoms with Crippen LogP contribution in [0.5, 0.6) is 11.5 Å². The quantitative estimate of drug-likeness (QED) is 0.158. The second-order valence-corrected chi connectivity index (χ2v) is 8.19. The van der Waals surface area contributed by atoms with Crippen molar-refractivity contribution in [3.63, 3.8) is 0 Å². The van der Waals surface area contributed by atoms with E-state index in [9.17, 15) is 20.2 Å². The van der Waals surface area contributed by atoms with Crippen molar-refractivity contribution in [1.82, 2.24) is 0 Å². The van der Waals surface area contributed by atoms with Gasteiger partial charge in [-0.1, -0.05) is 45.7 Å². The number of amides is 1. The maximum Gasteiger partial charge on any atom is 0.271 e. The maximum atomic E-state index is 12.6. The molecule has 0 saturated heterocycles. The van der Waals surface area contributed by atoms with Crippen LogP contribution in [-0.4, -0.2) is 17.9 Å². The summed E-state index contributed by atoms with van der Waals surface area (Å²) in [6.45, 7) is 0.293. The number of non-ortho nitro benzene ring substituents is 1. The molecule has 8 nitrogen and oxygen atoms in total. The number of rotatable bonds is 8. The second kappa shape index (κ2) is 11.3. The summed E-state index contributed by atoms with van der Waals surface area (Å²) in [5, 5.41) is 22.8. The molecule has 0 aromatic heterocycles. The Labute approximate surface area is 208 Å². The molecule has 0 aliphatic heterocycles. The first-order valence-corrected chi connectivity index (χ1v) is 10.9. The lowest BCUT2D eigenvalue weighted by Gasteiger charge is -2.12. The first-order valence-electron chi connectivity index (χ1n) is 9.73. The van der Waals surface area contributed by atoms with Crippen LogP contribution >= 0.6 is 27.5 Å². The number of ether oxygens (including phenoxy) is 2. The van der Waals surface area contributed by atoms with Crippen molar-refractivity contribution in [2.45, 2.75) is 6.61 Å². The Bertz CT molecular complexity index is 1300. The highest BCUT2D eigenvalue weighted by molar-refractivity contribution is 9.10. The number of nitro groups is 1.